The summed E-state index contributed by atoms with van der Waals surface area (Å²) >= 11 is 0. The maximum atomic E-state index is 12.3. The molecule has 3 N–H and O–H groups in total. The van der Waals surface area contributed by atoms with Gasteiger partial charge in [0.2, 0.25) is 5.91 Å². The molecule has 1 saturated carbocycles. The molecule has 1 aromatic rings. The Hall–Kier alpha value is -1.35. The lowest BCUT2D eigenvalue weighted by Gasteiger charge is -2.23. The summed E-state index contributed by atoms with van der Waals surface area (Å²) in [5.74, 6) is 0.553. The third kappa shape index (κ3) is 4.31. The molecular formula is C18H28N2O. The maximum Gasteiger partial charge on any atom is 0.224 e. The first-order valence-corrected chi connectivity index (χ1v) is 8.02. The van der Waals surface area contributed by atoms with Crippen molar-refractivity contribution in [1.29, 1.82) is 0 Å². The summed E-state index contributed by atoms with van der Waals surface area (Å²) in [5, 5.41) is 3.12. The van der Waals surface area contributed by atoms with Crippen molar-refractivity contribution in [3.05, 3.63) is 35.9 Å². The highest BCUT2D eigenvalue weighted by molar-refractivity contribution is 5.79. The normalized spacial score (nSPS) is 19.1. The summed E-state index contributed by atoms with van der Waals surface area (Å²) in [4.78, 5) is 12.3. The summed E-state index contributed by atoms with van der Waals surface area (Å²) in [6, 6.07) is 9.60. The molecule has 0 aliphatic heterocycles. The van der Waals surface area contributed by atoms with Gasteiger partial charge >= 0.3 is 0 Å². The summed E-state index contributed by atoms with van der Waals surface area (Å²) in [6.07, 6.45) is 3.68. The highest BCUT2D eigenvalue weighted by Crippen LogP contribution is 2.50. The minimum Gasteiger partial charge on any atom is -0.355 e. The van der Waals surface area contributed by atoms with Crippen LogP contribution in [0.25, 0.3) is 0 Å². The van der Waals surface area contributed by atoms with Crippen molar-refractivity contribution >= 4 is 5.91 Å². The monoisotopic (exact) mass is 288 g/mol. The van der Waals surface area contributed by atoms with Crippen LogP contribution in [0.3, 0.4) is 0 Å². The maximum absolute atomic E-state index is 12.3. The van der Waals surface area contributed by atoms with Crippen LogP contribution in [0.15, 0.2) is 30.3 Å². The first-order valence-electron chi connectivity index (χ1n) is 8.02. The minimum atomic E-state index is -0.244. The highest BCUT2D eigenvalue weighted by atomic mass is 16.1. The fourth-order valence-corrected chi connectivity index (χ4v) is 3.06. The van der Waals surface area contributed by atoms with E-state index >= 15 is 0 Å². The molecule has 2 unspecified atom stereocenters. The largest absolute Gasteiger partial charge is 0.355 e. The first-order chi connectivity index (χ1) is 9.93. The zero-order valence-electron chi connectivity index (χ0n) is 13.4. The van der Waals surface area contributed by atoms with E-state index in [1.165, 1.54) is 19.3 Å². The fourth-order valence-electron chi connectivity index (χ4n) is 3.06. The molecule has 3 nitrogen and oxygen atoms in total. The van der Waals surface area contributed by atoms with Crippen LogP contribution in [-0.4, -0.2) is 12.5 Å². The third-order valence-electron chi connectivity index (χ3n) is 4.57. The van der Waals surface area contributed by atoms with E-state index in [0.29, 0.717) is 11.3 Å². The topological polar surface area (TPSA) is 55.1 Å². The second kappa shape index (κ2) is 6.61. The first kappa shape index (κ1) is 16.0. The molecule has 1 amide bonds. The molecule has 0 aromatic heterocycles. The average Bonchev–Trinajstić information content (AvgIpc) is 3.23. The van der Waals surface area contributed by atoms with Crippen molar-refractivity contribution in [2.45, 2.75) is 46.1 Å². The molecule has 0 heterocycles. The molecule has 0 radical (unpaired) electrons. The van der Waals surface area contributed by atoms with Gasteiger partial charge in [-0.1, -0.05) is 51.1 Å². The Morgan fingerprint density at radius 2 is 1.86 bits per heavy atom. The van der Waals surface area contributed by atoms with Crippen molar-refractivity contribution in [2.75, 3.05) is 6.54 Å². The van der Waals surface area contributed by atoms with Gasteiger partial charge in [-0.05, 0) is 36.2 Å². The zero-order chi connectivity index (χ0) is 15.5. The molecule has 1 aromatic carbocycles. The Bertz CT molecular complexity index is 465. The van der Waals surface area contributed by atoms with Gasteiger partial charge < -0.3 is 11.1 Å². The second-order valence-electron chi connectivity index (χ2n) is 7.04. The Labute approximate surface area is 128 Å². The van der Waals surface area contributed by atoms with Gasteiger partial charge in [-0.15, -0.1) is 0 Å². The van der Waals surface area contributed by atoms with Gasteiger partial charge in [-0.3, -0.25) is 4.79 Å². The van der Waals surface area contributed by atoms with Gasteiger partial charge in [-0.25, -0.2) is 0 Å². The number of rotatable bonds is 7. The van der Waals surface area contributed by atoms with Crippen LogP contribution in [-0.2, 0) is 4.79 Å². The van der Waals surface area contributed by atoms with Gasteiger partial charge in [0.25, 0.3) is 0 Å². The number of hydrogen-bond donors (Lipinski definition) is 2. The van der Waals surface area contributed by atoms with E-state index in [0.717, 1.165) is 12.1 Å². The highest BCUT2D eigenvalue weighted by Gasteiger charge is 2.43. The lowest BCUT2D eigenvalue weighted by atomic mass is 9.92. The lowest BCUT2D eigenvalue weighted by molar-refractivity contribution is -0.125. The Morgan fingerprint density at radius 3 is 2.38 bits per heavy atom. The molecule has 116 valence electrons. The smallest absolute Gasteiger partial charge is 0.224 e. The summed E-state index contributed by atoms with van der Waals surface area (Å²) in [5.41, 5.74) is 7.59. The standard InChI is InChI=1S/C18H28N2O/c1-13(2)11-18(9-10-18)12-20-17(21)14(3)16(19)15-7-5-4-6-8-15/h4-8,13-14,16H,9-12,19H2,1-3H3,(H,20,21). The van der Waals surface area contributed by atoms with E-state index in [-0.39, 0.29) is 17.9 Å². The van der Waals surface area contributed by atoms with Crippen molar-refractivity contribution in [3.63, 3.8) is 0 Å². The molecule has 2 rings (SSSR count). The van der Waals surface area contributed by atoms with Crippen LogP contribution >= 0.6 is 0 Å². The number of hydrogen-bond acceptors (Lipinski definition) is 2. The number of nitrogens with two attached hydrogens (primary N) is 1. The van der Waals surface area contributed by atoms with Crippen molar-refractivity contribution in [1.82, 2.24) is 5.32 Å². The minimum absolute atomic E-state index is 0.0707. The molecule has 0 bridgehead atoms. The molecule has 1 aliphatic carbocycles. The van der Waals surface area contributed by atoms with Gasteiger partial charge in [0.05, 0.1) is 5.92 Å². The Kier molecular flexibility index (Phi) is 5.04. The molecular weight excluding hydrogens is 260 g/mol. The van der Waals surface area contributed by atoms with E-state index in [9.17, 15) is 4.79 Å². The molecule has 0 saturated heterocycles. The molecule has 0 spiro atoms. The van der Waals surface area contributed by atoms with Gasteiger partial charge in [0.1, 0.15) is 0 Å². The molecule has 2 atom stereocenters. The van der Waals surface area contributed by atoms with Crippen molar-refractivity contribution in [2.24, 2.45) is 23.0 Å². The number of carbonyl (C=O) groups is 1. The Balaban J connectivity index is 1.86. The summed E-state index contributed by atoms with van der Waals surface area (Å²) in [6.45, 7) is 7.20. The van der Waals surface area contributed by atoms with Crippen LogP contribution in [0, 0.1) is 17.3 Å². The molecule has 1 aliphatic rings. The summed E-state index contributed by atoms with van der Waals surface area (Å²) < 4.78 is 0. The zero-order valence-corrected chi connectivity index (χ0v) is 13.4. The van der Waals surface area contributed by atoms with Crippen molar-refractivity contribution < 1.29 is 4.79 Å². The molecule has 21 heavy (non-hydrogen) atoms. The van der Waals surface area contributed by atoms with E-state index in [2.05, 4.69) is 19.2 Å². The number of nitrogens with one attached hydrogen (secondary N) is 1. The number of amides is 1. The quantitative estimate of drug-likeness (QED) is 0.809. The number of benzene rings is 1. The fraction of sp³-hybridized carbons (Fsp3) is 0.611. The van der Waals surface area contributed by atoms with Crippen LogP contribution in [0.5, 0.6) is 0 Å². The van der Waals surface area contributed by atoms with E-state index in [1.807, 2.05) is 37.3 Å². The van der Waals surface area contributed by atoms with E-state index in [1.54, 1.807) is 0 Å². The third-order valence-corrected chi connectivity index (χ3v) is 4.57. The van der Waals surface area contributed by atoms with Crippen LogP contribution in [0.4, 0.5) is 0 Å². The SMILES string of the molecule is CC(C)CC1(CNC(=O)C(C)C(N)c2ccccc2)CC1. The predicted octanol–water partition coefficient (Wildman–Crippen LogP) is 3.27. The predicted molar refractivity (Wildman–Crippen MR) is 86.7 cm³/mol. The molecule has 3 heteroatoms. The lowest BCUT2D eigenvalue weighted by Crippen LogP contribution is -2.38. The van der Waals surface area contributed by atoms with Gasteiger partial charge in [0, 0.05) is 12.6 Å². The van der Waals surface area contributed by atoms with Crippen molar-refractivity contribution in [3.8, 4) is 0 Å². The van der Waals surface area contributed by atoms with E-state index in [4.69, 9.17) is 5.73 Å². The van der Waals surface area contributed by atoms with Gasteiger partial charge in [0.15, 0.2) is 0 Å². The summed E-state index contributed by atoms with van der Waals surface area (Å²) in [7, 11) is 0. The average molecular weight is 288 g/mol. The molecule has 1 fully saturated rings. The van der Waals surface area contributed by atoms with Crippen LogP contribution in [0.1, 0.15) is 51.6 Å². The second-order valence-corrected chi connectivity index (χ2v) is 7.04. The van der Waals surface area contributed by atoms with Crippen LogP contribution in [0.2, 0.25) is 0 Å². The van der Waals surface area contributed by atoms with E-state index < -0.39 is 0 Å². The van der Waals surface area contributed by atoms with Crippen LogP contribution < -0.4 is 11.1 Å². The van der Waals surface area contributed by atoms with Gasteiger partial charge in [-0.2, -0.15) is 0 Å². The Morgan fingerprint density at radius 1 is 1.24 bits per heavy atom. The number of carbonyl (C=O) groups excluding carboxylic acids is 1.